The lowest BCUT2D eigenvalue weighted by Gasteiger charge is -2.05. The van der Waals surface area contributed by atoms with E-state index in [2.05, 4.69) is 39.0 Å². The van der Waals surface area contributed by atoms with Crippen LogP contribution in [0, 0.1) is 6.92 Å². The van der Waals surface area contributed by atoms with Gasteiger partial charge in [-0.05, 0) is 109 Å². The molecule has 0 aliphatic rings. The van der Waals surface area contributed by atoms with Crippen molar-refractivity contribution in [2.45, 2.75) is 25.0 Å². The molecule has 2 amide bonds. The van der Waals surface area contributed by atoms with Gasteiger partial charge in [0.2, 0.25) is 0 Å². The summed E-state index contributed by atoms with van der Waals surface area (Å²) in [7, 11) is -0.253. The minimum atomic E-state index is -4.27. The fourth-order valence-electron chi connectivity index (χ4n) is 6.32. The van der Waals surface area contributed by atoms with Crippen molar-refractivity contribution in [3.05, 3.63) is 197 Å². The summed E-state index contributed by atoms with van der Waals surface area (Å²) in [6.07, 6.45) is 11.2. The number of aromatic nitrogens is 4. The molecule has 0 unspecified atom stereocenters. The van der Waals surface area contributed by atoms with Gasteiger partial charge in [-0.1, -0.05) is 35.9 Å². The molecule has 63 heavy (non-hydrogen) atoms. The summed E-state index contributed by atoms with van der Waals surface area (Å²) in [5.41, 5.74) is 12.3. The van der Waals surface area contributed by atoms with Crippen LogP contribution in [0.15, 0.2) is 173 Å². The number of nitrogens with one attached hydrogen (secondary N) is 2. The van der Waals surface area contributed by atoms with Crippen LogP contribution in [0.5, 0.6) is 11.5 Å². The molecular weight excluding hydrogens is 821 g/mol. The molecule has 4 aromatic carbocycles. The van der Waals surface area contributed by atoms with Gasteiger partial charge in [-0.3, -0.25) is 9.59 Å². The Morgan fingerprint density at radius 1 is 0.635 bits per heavy atom. The Morgan fingerprint density at radius 3 is 1.49 bits per heavy atom. The molecule has 0 saturated carbocycles. The Morgan fingerprint density at radius 2 is 1.08 bits per heavy atom. The van der Waals surface area contributed by atoms with Crippen LogP contribution in [0.25, 0.3) is 11.3 Å². The summed E-state index contributed by atoms with van der Waals surface area (Å²) in [5.74, 6) is 0.518. The van der Waals surface area contributed by atoms with Gasteiger partial charge in [0.25, 0.3) is 23.1 Å². The largest absolute Gasteiger partial charge is 0.744 e. The molecule has 0 saturated heterocycles. The Kier molecular flexibility index (Phi) is 13.4. The Bertz CT molecular complexity index is 2890. The molecule has 4 heterocycles. The predicted octanol–water partition coefficient (Wildman–Crippen LogP) is 5.43. The van der Waals surface area contributed by atoms with Crippen molar-refractivity contribution >= 4 is 45.7 Å². The molecule has 16 heteroatoms. The van der Waals surface area contributed by atoms with Crippen molar-refractivity contribution in [3.8, 4) is 11.5 Å². The van der Waals surface area contributed by atoms with E-state index >= 15 is 0 Å². The van der Waals surface area contributed by atoms with Gasteiger partial charge in [-0.25, -0.2) is 37.2 Å². The highest BCUT2D eigenvalue weighted by Gasteiger charge is 2.15. The predicted molar refractivity (Wildman–Crippen MR) is 234 cm³/mol. The zero-order chi connectivity index (χ0) is 44.3. The van der Waals surface area contributed by atoms with Gasteiger partial charge < -0.3 is 14.0 Å². The number of hydrogen-bond donors (Lipinski definition) is 2. The maximum atomic E-state index is 12.8. The highest BCUT2D eigenvalue weighted by molar-refractivity contribution is 7.85. The minimum Gasteiger partial charge on any atom is -0.744 e. The molecular formula is C47H43N8O7S+. The van der Waals surface area contributed by atoms with Crippen LogP contribution in [-0.4, -0.2) is 46.3 Å². The van der Waals surface area contributed by atoms with E-state index in [9.17, 15) is 22.6 Å². The number of fused-ring (bicyclic) bond motifs is 2. The minimum absolute atomic E-state index is 0.178. The van der Waals surface area contributed by atoms with Crippen molar-refractivity contribution in [1.29, 1.82) is 0 Å². The molecule has 0 atom stereocenters. The van der Waals surface area contributed by atoms with E-state index in [0.29, 0.717) is 24.7 Å². The zero-order valence-corrected chi connectivity index (χ0v) is 35.3. The van der Waals surface area contributed by atoms with E-state index in [4.69, 9.17) is 9.47 Å². The Hall–Kier alpha value is -7.95. The average Bonchev–Trinajstić information content (AvgIpc) is 3.80. The summed E-state index contributed by atoms with van der Waals surface area (Å²) in [6, 6.07) is 39.0. The smallest absolute Gasteiger partial charge is 0.286 e. The topological polar surface area (TPSA) is 177 Å². The maximum Gasteiger partial charge on any atom is 0.286 e. The van der Waals surface area contributed by atoms with E-state index in [-0.39, 0.29) is 16.0 Å². The standard InChI is InChI=1S/C40H34N8O4.C7H8O3S/c1-45-33(25-47-20-5-3-10-37(45)47)27-51-35-16-12-29(13-17-35)23-41-43-39(49)31-8-7-9-32(22-31)40(50)44-42-24-30-14-18-36(19-15-30)52-28-34-26-48-21-6-4-11-38(48)46(34)2;1-6-2-4-7(5-3-6)11(8,9)10/h3-26H,27-28H2,1-2H3;2-5H,1H3,(H,8,9,10)/p+1/b41-23+,42-24+;. The van der Waals surface area contributed by atoms with Gasteiger partial charge >= 0.3 is 0 Å². The normalized spacial score (nSPS) is 11.4. The second kappa shape index (κ2) is 19.6. The molecule has 0 aliphatic heterocycles. The van der Waals surface area contributed by atoms with Crippen LogP contribution in [0.2, 0.25) is 0 Å². The van der Waals surface area contributed by atoms with Gasteiger partial charge in [0, 0.05) is 23.3 Å². The third-order valence-corrected chi connectivity index (χ3v) is 10.7. The number of amides is 2. The van der Waals surface area contributed by atoms with Crippen molar-refractivity contribution in [1.82, 2.24) is 20.0 Å². The third kappa shape index (κ3) is 11.3. The molecule has 0 fully saturated rings. The van der Waals surface area contributed by atoms with Crippen LogP contribution in [0.3, 0.4) is 0 Å². The number of aryl methyl sites for hydroxylation is 3. The van der Waals surface area contributed by atoms with Crippen LogP contribution in [-0.2, 0) is 37.4 Å². The number of hydrogen-bond acceptors (Lipinski definition) is 9. The molecule has 0 aliphatic carbocycles. The van der Waals surface area contributed by atoms with Crippen molar-refractivity contribution in [3.63, 3.8) is 0 Å². The maximum absolute atomic E-state index is 12.8. The number of rotatable bonds is 13. The second-order valence-electron chi connectivity index (χ2n) is 14.3. The number of imidazole rings is 2. The first-order valence-corrected chi connectivity index (χ1v) is 21.0. The number of pyridine rings is 2. The Labute approximate surface area is 363 Å². The lowest BCUT2D eigenvalue weighted by atomic mass is 10.1. The fourth-order valence-corrected chi connectivity index (χ4v) is 6.79. The van der Waals surface area contributed by atoms with Crippen LogP contribution < -0.4 is 29.1 Å². The van der Waals surface area contributed by atoms with Gasteiger partial charge in [0.05, 0.1) is 43.8 Å². The van der Waals surface area contributed by atoms with E-state index in [1.807, 2.05) is 131 Å². The van der Waals surface area contributed by atoms with Gasteiger partial charge in [0.15, 0.2) is 24.6 Å². The van der Waals surface area contributed by atoms with Crippen LogP contribution >= 0.6 is 0 Å². The van der Waals surface area contributed by atoms with Crippen molar-refractivity contribution in [2.24, 2.45) is 24.3 Å². The molecule has 8 aromatic rings. The third-order valence-electron chi connectivity index (χ3n) is 9.85. The monoisotopic (exact) mass is 863 g/mol. The molecule has 15 nitrogen and oxygen atoms in total. The number of carbonyl (C=O) groups is 2. The summed E-state index contributed by atoms with van der Waals surface area (Å²) in [4.78, 5) is 25.4. The lowest BCUT2D eigenvalue weighted by molar-refractivity contribution is -0.511. The summed E-state index contributed by atoms with van der Waals surface area (Å²) in [6.45, 7) is 2.66. The van der Waals surface area contributed by atoms with Gasteiger partial charge in [-0.2, -0.15) is 10.2 Å². The number of carbonyl (C=O) groups excluding carboxylic acids is 2. The average molecular weight is 864 g/mol. The lowest BCUT2D eigenvalue weighted by Crippen LogP contribution is -2.20. The molecule has 2 N–H and O–H groups in total. The highest BCUT2D eigenvalue weighted by atomic mass is 32.2. The molecule has 0 bridgehead atoms. The quantitative estimate of drug-likeness (QED) is 0.0673. The first kappa shape index (κ1) is 43.1. The van der Waals surface area contributed by atoms with Crippen LogP contribution in [0.1, 0.15) is 48.8 Å². The van der Waals surface area contributed by atoms with Crippen LogP contribution in [0.4, 0.5) is 0 Å². The first-order chi connectivity index (χ1) is 30.4. The highest BCUT2D eigenvalue weighted by Crippen LogP contribution is 2.16. The first-order valence-electron chi connectivity index (χ1n) is 19.6. The van der Waals surface area contributed by atoms with Gasteiger partial charge in [0.1, 0.15) is 34.0 Å². The molecule has 318 valence electrons. The van der Waals surface area contributed by atoms with E-state index in [1.165, 1.54) is 30.6 Å². The van der Waals surface area contributed by atoms with Crippen molar-refractivity contribution < 1.29 is 40.8 Å². The number of hydrazone groups is 2. The summed E-state index contributed by atoms with van der Waals surface area (Å²) < 4.78 is 51.4. The Balaban J connectivity index is 0.000000473. The molecule has 4 aromatic heterocycles. The van der Waals surface area contributed by atoms with E-state index in [0.717, 1.165) is 39.4 Å². The number of ether oxygens (including phenoxy) is 2. The molecule has 0 spiro atoms. The fraction of sp³-hybridized carbons (Fsp3) is 0.106. The van der Waals surface area contributed by atoms with E-state index in [1.54, 1.807) is 30.3 Å². The summed E-state index contributed by atoms with van der Waals surface area (Å²) >= 11 is 0. The van der Waals surface area contributed by atoms with Gasteiger partial charge in [-0.15, -0.1) is 0 Å². The SMILES string of the molecule is Cc1ccc(S(=O)(=O)[O-])cc1.Cn1c(COc2ccc(/C=N/NC(=O)c3cccc(C(=O)N/N=C/c4ccc(OCc5c[n+]6ccccc6n5C)cc4)c3)cc2)c[n+]2ccccc12. The van der Waals surface area contributed by atoms with Crippen molar-refractivity contribution in [2.75, 3.05) is 0 Å². The molecule has 0 radical (unpaired) electrons. The summed E-state index contributed by atoms with van der Waals surface area (Å²) in [5, 5.41) is 8.15. The number of nitrogens with zero attached hydrogens (tertiary/aromatic N) is 6. The second-order valence-corrected chi connectivity index (χ2v) is 15.6. The zero-order valence-electron chi connectivity index (χ0n) is 34.5. The molecule has 8 rings (SSSR count). The van der Waals surface area contributed by atoms with E-state index < -0.39 is 21.9 Å². The number of benzene rings is 4.